The van der Waals surface area contributed by atoms with Crippen molar-refractivity contribution >= 4 is 35.1 Å². The van der Waals surface area contributed by atoms with E-state index in [4.69, 9.17) is 28.3 Å². The Balaban J connectivity index is 2.47. The Morgan fingerprint density at radius 2 is 2.18 bits per heavy atom. The molecule has 94 valence electrons. The predicted octanol–water partition coefficient (Wildman–Crippen LogP) is 2.16. The van der Waals surface area contributed by atoms with E-state index in [-0.39, 0.29) is 40.7 Å². The maximum absolute atomic E-state index is 11.6. The highest BCUT2D eigenvalue weighted by Gasteiger charge is 2.13. The topological polar surface area (TPSA) is 82.2 Å². The highest BCUT2D eigenvalue weighted by atomic mass is 35.5. The summed E-state index contributed by atoms with van der Waals surface area (Å²) in [5.41, 5.74) is 0.252. The molecule has 0 fully saturated rings. The zero-order valence-corrected chi connectivity index (χ0v) is 10.6. The number of aromatic amines is 1. The second kappa shape index (κ2) is 5.93. The first kappa shape index (κ1) is 13.9. The van der Waals surface area contributed by atoms with Crippen LogP contribution in [0.15, 0.2) is 6.07 Å². The van der Waals surface area contributed by atoms with E-state index in [0.29, 0.717) is 0 Å². The summed E-state index contributed by atoms with van der Waals surface area (Å²) in [7, 11) is 0. The molecule has 1 amide bonds. The molecule has 0 saturated heterocycles. The van der Waals surface area contributed by atoms with Gasteiger partial charge in [0.1, 0.15) is 10.8 Å². The number of carbonyl (C=O) groups is 2. The highest BCUT2D eigenvalue weighted by molar-refractivity contribution is 6.41. The monoisotopic (exact) mass is 278 g/mol. The number of carboxylic acid groups (broad SMARTS) is 1. The van der Waals surface area contributed by atoms with Gasteiger partial charge >= 0.3 is 5.97 Å². The number of aliphatic carboxylic acids is 1. The zero-order chi connectivity index (χ0) is 13.0. The summed E-state index contributed by atoms with van der Waals surface area (Å²) in [6, 6.07) is 1.42. The van der Waals surface area contributed by atoms with E-state index in [2.05, 4.69) is 10.3 Å². The molecule has 0 bridgehead atoms. The minimum Gasteiger partial charge on any atom is -0.481 e. The zero-order valence-electron chi connectivity index (χ0n) is 9.09. The molecule has 0 aliphatic heterocycles. The van der Waals surface area contributed by atoms with Crippen LogP contribution in [0.25, 0.3) is 0 Å². The summed E-state index contributed by atoms with van der Waals surface area (Å²) in [4.78, 5) is 24.6. The van der Waals surface area contributed by atoms with Gasteiger partial charge in [0.2, 0.25) is 0 Å². The lowest BCUT2D eigenvalue weighted by molar-refractivity contribution is -0.137. The molecule has 1 heterocycles. The van der Waals surface area contributed by atoms with Crippen LogP contribution in [-0.4, -0.2) is 28.5 Å². The van der Waals surface area contributed by atoms with Crippen LogP contribution < -0.4 is 5.32 Å². The van der Waals surface area contributed by atoms with Crippen molar-refractivity contribution in [2.24, 2.45) is 5.92 Å². The first-order valence-corrected chi connectivity index (χ1v) is 5.69. The van der Waals surface area contributed by atoms with Crippen LogP contribution in [0.4, 0.5) is 0 Å². The second-order valence-electron chi connectivity index (χ2n) is 3.76. The van der Waals surface area contributed by atoms with Crippen LogP contribution >= 0.6 is 23.2 Å². The highest BCUT2D eigenvalue weighted by Crippen LogP contribution is 2.21. The average Bonchev–Trinajstić information content (AvgIpc) is 2.55. The van der Waals surface area contributed by atoms with Crippen LogP contribution in [-0.2, 0) is 4.79 Å². The molecule has 0 aromatic carbocycles. The van der Waals surface area contributed by atoms with Crippen LogP contribution in [0.2, 0.25) is 10.2 Å². The lowest BCUT2D eigenvalue weighted by Crippen LogP contribution is -2.29. The van der Waals surface area contributed by atoms with Gasteiger partial charge in [0.15, 0.2) is 0 Å². The van der Waals surface area contributed by atoms with Crippen molar-refractivity contribution in [2.45, 2.75) is 13.3 Å². The second-order valence-corrected chi connectivity index (χ2v) is 4.54. The lowest BCUT2D eigenvalue weighted by atomic mass is 10.1. The number of rotatable bonds is 5. The summed E-state index contributed by atoms with van der Waals surface area (Å²) in [6.07, 6.45) is 0.00647. The number of hydrogen-bond donors (Lipinski definition) is 3. The van der Waals surface area contributed by atoms with E-state index in [1.165, 1.54) is 6.07 Å². The Kier molecular flexibility index (Phi) is 4.84. The van der Waals surface area contributed by atoms with Gasteiger partial charge in [0.25, 0.3) is 5.91 Å². The number of H-pyrrole nitrogens is 1. The Hall–Kier alpha value is -1.20. The van der Waals surface area contributed by atoms with Crippen molar-refractivity contribution in [3.05, 3.63) is 21.9 Å². The lowest BCUT2D eigenvalue weighted by Gasteiger charge is -2.09. The van der Waals surface area contributed by atoms with E-state index in [9.17, 15) is 9.59 Å². The van der Waals surface area contributed by atoms with Gasteiger partial charge in [-0.1, -0.05) is 30.1 Å². The Morgan fingerprint density at radius 3 is 2.65 bits per heavy atom. The smallest absolute Gasteiger partial charge is 0.303 e. The van der Waals surface area contributed by atoms with Crippen LogP contribution in [0.5, 0.6) is 0 Å². The van der Waals surface area contributed by atoms with Gasteiger partial charge < -0.3 is 15.4 Å². The molecule has 0 radical (unpaired) electrons. The summed E-state index contributed by atoms with van der Waals surface area (Å²) >= 11 is 11.3. The minimum absolute atomic E-state index is 0.00647. The predicted molar refractivity (Wildman–Crippen MR) is 64.6 cm³/mol. The number of hydrogen-bond acceptors (Lipinski definition) is 2. The molecular weight excluding hydrogens is 267 g/mol. The number of aromatic nitrogens is 1. The van der Waals surface area contributed by atoms with Gasteiger partial charge in [0.05, 0.1) is 5.02 Å². The van der Waals surface area contributed by atoms with E-state index in [1.54, 1.807) is 6.92 Å². The molecule has 1 unspecified atom stereocenters. The molecule has 1 rings (SSSR count). The maximum Gasteiger partial charge on any atom is 0.303 e. The fourth-order valence-corrected chi connectivity index (χ4v) is 1.57. The van der Waals surface area contributed by atoms with Crippen molar-refractivity contribution in [2.75, 3.05) is 6.54 Å². The molecular formula is C10H12Cl2N2O3. The maximum atomic E-state index is 11.6. The van der Waals surface area contributed by atoms with Crippen LogP contribution in [0.1, 0.15) is 23.8 Å². The van der Waals surface area contributed by atoms with Gasteiger partial charge in [0, 0.05) is 13.0 Å². The summed E-state index contributed by atoms with van der Waals surface area (Å²) in [6.45, 7) is 2.02. The number of nitrogens with one attached hydrogen (secondary N) is 2. The van der Waals surface area contributed by atoms with Crippen molar-refractivity contribution in [3.8, 4) is 0 Å². The van der Waals surface area contributed by atoms with E-state index < -0.39 is 5.97 Å². The quantitative estimate of drug-likeness (QED) is 0.772. The molecule has 1 aromatic rings. The normalized spacial score (nSPS) is 12.2. The van der Waals surface area contributed by atoms with Gasteiger partial charge in [-0.25, -0.2) is 0 Å². The van der Waals surface area contributed by atoms with Crippen molar-refractivity contribution < 1.29 is 14.7 Å². The summed E-state index contributed by atoms with van der Waals surface area (Å²) < 4.78 is 0. The molecule has 3 N–H and O–H groups in total. The van der Waals surface area contributed by atoms with E-state index in [0.717, 1.165) is 0 Å². The summed E-state index contributed by atoms with van der Waals surface area (Å²) in [5.74, 6) is -1.40. The van der Waals surface area contributed by atoms with E-state index >= 15 is 0 Å². The van der Waals surface area contributed by atoms with Crippen molar-refractivity contribution in [1.29, 1.82) is 0 Å². The Bertz CT molecular complexity index is 412. The van der Waals surface area contributed by atoms with Gasteiger partial charge in [-0.3, -0.25) is 9.59 Å². The van der Waals surface area contributed by atoms with Gasteiger partial charge in [-0.05, 0) is 12.0 Å². The van der Waals surface area contributed by atoms with Crippen LogP contribution in [0.3, 0.4) is 0 Å². The number of halogens is 2. The SMILES string of the molecule is CC(CNC(=O)c1cc(Cl)c(Cl)[nH]1)CC(=O)O. The molecule has 1 aromatic heterocycles. The molecule has 0 saturated carbocycles. The number of carboxylic acids is 1. The van der Waals surface area contributed by atoms with Gasteiger partial charge in [-0.2, -0.15) is 0 Å². The fourth-order valence-electron chi connectivity index (χ4n) is 1.26. The van der Waals surface area contributed by atoms with Crippen molar-refractivity contribution in [1.82, 2.24) is 10.3 Å². The number of carbonyl (C=O) groups excluding carboxylic acids is 1. The third kappa shape index (κ3) is 4.28. The standard InChI is InChI=1S/C10H12Cl2N2O3/c1-5(2-8(15)16)4-13-10(17)7-3-6(11)9(12)14-7/h3,5,14H,2,4H2,1H3,(H,13,17)(H,15,16). The first-order valence-electron chi connectivity index (χ1n) is 4.94. The number of amides is 1. The molecule has 7 heteroatoms. The third-order valence-electron chi connectivity index (χ3n) is 2.10. The molecule has 0 aliphatic carbocycles. The van der Waals surface area contributed by atoms with E-state index in [1.807, 2.05) is 0 Å². The Labute approximate surface area is 108 Å². The third-order valence-corrected chi connectivity index (χ3v) is 2.80. The first-order chi connectivity index (χ1) is 7.90. The van der Waals surface area contributed by atoms with Crippen molar-refractivity contribution in [3.63, 3.8) is 0 Å². The van der Waals surface area contributed by atoms with Crippen LogP contribution in [0, 0.1) is 5.92 Å². The molecule has 0 aliphatic rings. The largest absolute Gasteiger partial charge is 0.481 e. The molecule has 0 spiro atoms. The summed E-state index contributed by atoms with van der Waals surface area (Å²) in [5, 5.41) is 11.6. The fraction of sp³-hybridized carbons (Fsp3) is 0.400. The molecule has 5 nitrogen and oxygen atoms in total. The van der Waals surface area contributed by atoms with Gasteiger partial charge in [-0.15, -0.1) is 0 Å². The average molecular weight is 279 g/mol. The minimum atomic E-state index is -0.891. The molecule has 17 heavy (non-hydrogen) atoms. The molecule has 1 atom stereocenters. The Morgan fingerprint density at radius 1 is 1.53 bits per heavy atom.